The summed E-state index contributed by atoms with van der Waals surface area (Å²) in [6.45, 7) is 0.682. The first-order chi connectivity index (χ1) is 20.7. The number of amides is 5. The normalized spacial score (nSPS) is 20.0. The minimum atomic E-state index is -1.09. The second-order valence-corrected chi connectivity index (χ2v) is 11.4. The summed E-state index contributed by atoms with van der Waals surface area (Å²) in [5.41, 5.74) is 0.879. The van der Waals surface area contributed by atoms with Crippen LogP contribution in [-0.4, -0.2) is 67.6 Å². The molecular formula is C30H34ClN5O7. The van der Waals surface area contributed by atoms with Crippen LogP contribution in [0.25, 0.3) is 0 Å². The third-order valence-electron chi connectivity index (χ3n) is 8.15. The van der Waals surface area contributed by atoms with Gasteiger partial charge < -0.3 is 25.0 Å². The zero-order chi connectivity index (χ0) is 30.6. The Balaban J connectivity index is 1.33. The van der Waals surface area contributed by atoms with Gasteiger partial charge in [0.05, 0.1) is 19.3 Å². The van der Waals surface area contributed by atoms with E-state index in [0.717, 1.165) is 19.3 Å². The van der Waals surface area contributed by atoms with E-state index in [1.165, 1.54) is 19.2 Å². The van der Waals surface area contributed by atoms with Crippen LogP contribution in [0.3, 0.4) is 0 Å². The SMILES string of the molecule is COC(=O)Nc1ccc(C(=O)N[C@@H](CCNC(=O)C2CCC2)C(=O)N2CCC[C@@]3(C2)OC(=O)Nc2ccc(Cl)cc23)cc1. The van der Waals surface area contributed by atoms with Crippen molar-refractivity contribution in [2.24, 2.45) is 5.92 Å². The van der Waals surface area contributed by atoms with Crippen LogP contribution in [0.2, 0.25) is 5.02 Å². The monoisotopic (exact) mass is 611 g/mol. The summed E-state index contributed by atoms with van der Waals surface area (Å²) in [6.07, 6.45) is 2.68. The van der Waals surface area contributed by atoms with Gasteiger partial charge in [-0.2, -0.15) is 0 Å². The maximum Gasteiger partial charge on any atom is 0.412 e. The van der Waals surface area contributed by atoms with Crippen LogP contribution in [0.15, 0.2) is 42.5 Å². The van der Waals surface area contributed by atoms with Crippen LogP contribution < -0.4 is 21.3 Å². The number of carbonyl (C=O) groups is 5. The highest BCUT2D eigenvalue weighted by atomic mass is 35.5. The molecule has 3 aliphatic rings. The number of ether oxygens (including phenoxy) is 2. The van der Waals surface area contributed by atoms with Crippen LogP contribution in [0.5, 0.6) is 0 Å². The number of anilines is 2. The van der Waals surface area contributed by atoms with E-state index in [1.807, 2.05) is 0 Å². The van der Waals surface area contributed by atoms with Gasteiger partial charge in [-0.3, -0.25) is 25.0 Å². The first kappa shape index (κ1) is 30.1. The van der Waals surface area contributed by atoms with Gasteiger partial charge in [0.2, 0.25) is 11.8 Å². The number of benzene rings is 2. The Morgan fingerprint density at radius 2 is 1.91 bits per heavy atom. The van der Waals surface area contributed by atoms with Gasteiger partial charge in [-0.1, -0.05) is 18.0 Å². The summed E-state index contributed by atoms with van der Waals surface area (Å²) < 4.78 is 10.4. The lowest BCUT2D eigenvalue weighted by atomic mass is 9.83. The first-order valence-electron chi connectivity index (χ1n) is 14.3. The molecule has 12 nitrogen and oxygen atoms in total. The van der Waals surface area contributed by atoms with Crippen LogP contribution >= 0.6 is 11.6 Å². The van der Waals surface area contributed by atoms with Gasteiger partial charge in [0.25, 0.3) is 5.91 Å². The maximum atomic E-state index is 14.0. The summed E-state index contributed by atoms with van der Waals surface area (Å²) in [6, 6.07) is 10.3. The predicted molar refractivity (Wildman–Crippen MR) is 158 cm³/mol. The van der Waals surface area contributed by atoms with Crippen molar-refractivity contribution in [3.63, 3.8) is 0 Å². The van der Waals surface area contributed by atoms with Crippen molar-refractivity contribution in [3.8, 4) is 0 Å². The number of nitrogens with zero attached hydrogens (tertiary/aromatic N) is 1. The highest BCUT2D eigenvalue weighted by molar-refractivity contribution is 6.30. The molecule has 0 bridgehead atoms. The van der Waals surface area contributed by atoms with E-state index < -0.39 is 29.7 Å². The number of piperidine rings is 1. The van der Waals surface area contributed by atoms with Gasteiger partial charge in [-0.15, -0.1) is 0 Å². The molecule has 1 aliphatic carbocycles. The summed E-state index contributed by atoms with van der Waals surface area (Å²) in [5.74, 6) is -0.910. The van der Waals surface area contributed by atoms with Crippen LogP contribution in [0.4, 0.5) is 21.0 Å². The standard InChI is InChI=1S/C30H34ClN5O7/c1-42-28(40)33-21-9-6-19(7-10-21)26(38)34-24(12-14-32-25(37)18-4-2-5-18)27(39)36-15-3-13-30(17-36)22-16-20(31)8-11-23(22)35-29(41)43-30/h6-11,16,18,24H,2-5,12-15,17H2,1H3,(H,32,37)(H,33,40)(H,34,38)(H,35,41)/t24-,30-/m0/s1. The van der Waals surface area contributed by atoms with Crippen LogP contribution in [0.1, 0.15) is 54.4 Å². The number of rotatable bonds is 8. The molecule has 2 heterocycles. The van der Waals surface area contributed by atoms with E-state index in [4.69, 9.17) is 16.3 Å². The fraction of sp³-hybridized carbons (Fsp3) is 0.433. The zero-order valence-electron chi connectivity index (χ0n) is 23.7. The molecule has 4 N–H and O–H groups in total. The minimum absolute atomic E-state index is 0.00991. The smallest absolute Gasteiger partial charge is 0.412 e. The molecule has 2 aromatic carbocycles. The number of fused-ring (bicyclic) bond motifs is 2. The number of halogens is 1. The van der Waals surface area contributed by atoms with E-state index in [-0.39, 0.29) is 42.8 Å². The van der Waals surface area contributed by atoms with E-state index in [1.54, 1.807) is 35.2 Å². The molecular weight excluding hydrogens is 578 g/mol. The molecule has 0 unspecified atom stereocenters. The fourth-order valence-electron chi connectivity index (χ4n) is 5.63. The summed E-state index contributed by atoms with van der Waals surface area (Å²) in [7, 11) is 1.25. The fourth-order valence-corrected chi connectivity index (χ4v) is 5.80. The quantitative estimate of drug-likeness (QED) is 0.352. The lowest BCUT2D eigenvalue weighted by Crippen LogP contribution is -2.57. The lowest BCUT2D eigenvalue weighted by Gasteiger charge is -2.45. The van der Waals surface area contributed by atoms with Crippen molar-refractivity contribution >= 4 is 52.9 Å². The summed E-state index contributed by atoms with van der Waals surface area (Å²) in [4.78, 5) is 65.2. The van der Waals surface area contributed by atoms with Crippen molar-refractivity contribution < 1.29 is 33.4 Å². The predicted octanol–water partition coefficient (Wildman–Crippen LogP) is 4.00. The number of methoxy groups -OCH3 is 1. The Bertz CT molecular complexity index is 1410. The van der Waals surface area contributed by atoms with Gasteiger partial charge in [-0.25, -0.2) is 9.59 Å². The molecule has 2 fully saturated rings. The molecule has 2 atom stereocenters. The van der Waals surface area contributed by atoms with E-state index in [2.05, 4.69) is 26.0 Å². The largest absolute Gasteiger partial charge is 0.453 e. The van der Waals surface area contributed by atoms with Crippen molar-refractivity contribution in [3.05, 3.63) is 58.6 Å². The molecule has 228 valence electrons. The molecule has 5 rings (SSSR count). The number of nitrogens with one attached hydrogen (secondary N) is 4. The molecule has 5 amide bonds. The van der Waals surface area contributed by atoms with Crippen molar-refractivity contribution in [2.75, 3.05) is 37.4 Å². The molecule has 1 saturated heterocycles. The van der Waals surface area contributed by atoms with E-state index >= 15 is 0 Å². The topological polar surface area (TPSA) is 155 Å². The summed E-state index contributed by atoms with van der Waals surface area (Å²) in [5, 5.41) is 11.4. The molecule has 2 aliphatic heterocycles. The lowest BCUT2D eigenvalue weighted by molar-refractivity contribution is -0.141. The van der Waals surface area contributed by atoms with E-state index in [9.17, 15) is 24.0 Å². The second kappa shape index (κ2) is 12.9. The Labute approximate surface area is 253 Å². The van der Waals surface area contributed by atoms with Crippen LogP contribution in [-0.2, 0) is 24.7 Å². The highest BCUT2D eigenvalue weighted by Gasteiger charge is 2.47. The maximum absolute atomic E-state index is 14.0. The second-order valence-electron chi connectivity index (χ2n) is 11.0. The van der Waals surface area contributed by atoms with Gasteiger partial charge >= 0.3 is 12.2 Å². The molecule has 0 radical (unpaired) electrons. The molecule has 0 aromatic heterocycles. The van der Waals surface area contributed by atoms with Crippen molar-refractivity contribution in [1.82, 2.24) is 15.5 Å². The minimum Gasteiger partial charge on any atom is -0.453 e. The molecule has 2 aromatic rings. The van der Waals surface area contributed by atoms with Crippen molar-refractivity contribution in [2.45, 2.75) is 50.2 Å². The number of hydrogen-bond acceptors (Lipinski definition) is 7. The van der Waals surface area contributed by atoms with Crippen molar-refractivity contribution in [1.29, 1.82) is 0 Å². The Morgan fingerprint density at radius 1 is 1.14 bits per heavy atom. The number of hydrogen-bond donors (Lipinski definition) is 4. The first-order valence-corrected chi connectivity index (χ1v) is 14.7. The van der Waals surface area contributed by atoms with Crippen LogP contribution in [0, 0.1) is 5.92 Å². The van der Waals surface area contributed by atoms with Gasteiger partial charge in [-0.05, 0) is 74.6 Å². The van der Waals surface area contributed by atoms with Gasteiger partial charge in [0.15, 0.2) is 5.60 Å². The average molecular weight is 612 g/mol. The highest BCUT2D eigenvalue weighted by Crippen LogP contribution is 2.43. The third kappa shape index (κ3) is 6.85. The molecule has 43 heavy (non-hydrogen) atoms. The van der Waals surface area contributed by atoms with Gasteiger partial charge in [0, 0.05) is 40.8 Å². The molecule has 1 spiro atoms. The third-order valence-corrected chi connectivity index (χ3v) is 8.39. The average Bonchev–Trinajstić information content (AvgIpc) is 2.96. The summed E-state index contributed by atoms with van der Waals surface area (Å²) >= 11 is 6.28. The van der Waals surface area contributed by atoms with Gasteiger partial charge in [0.1, 0.15) is 6.04 Å². The molecule has 1 saturated carbocycles. The Hall–Kier alpha value is -4.32. The Morgan fingerprint density at radius 3 is 2.60 bits per heavy atom. The zero-order valence-corrected chi connectivity index (χ0v) is 24.5. The Kier molecular flexibility index (Phi) is 9.05. The number of carbonyl (C=O) groups excluding carboxylic acids is 5. The van der Waals surface area contributed by atoms with E-state index in [0.29, 0.717) is 41.3 Å². The molecule has 13 heteroatoms. The number of likely N-dealkylation sites (tertiary alicyclic amines) is 1.